The van der Waals surface area contributed by atoms with Gasteiger partial charge in [-0.25, -0.2) is 8.42 Å². The van der Waals surface area contributed by atoms with Crippen LogP contribution in [0.1, 0.15) is 38.5 Å². The van der Waals surface area contributed by atoms with Crippen LogP contribution in [0.3, 0.4) is 0 Å². The average molecular weight is 231 g/mol. The predicted molar refractivity (Wildman–Crippen MR) is 61.6 cm³/mol. The molecule has 1 heterocycles. The van der Waals surface area contributed by atoms with Crippen LogP contribution in [0.5, 0.6) is 0 Å². The van der Waals surface area contributed by atoms with Crippen molar-refractivity contribution in [3.63, 3.8) is 0 Å². The van der Waals surface area contributed by atoms with Crippen LogP contribution < -0.4 is 5.32 Å². The first-order chi connectivity index (χ1) is 7.16. The molecular formula is C11H21NO2S. The van der Waals surface area contributed by atoms with E-state index in [1.807, 2.05) is 0 Å². The first-order valence-corrected chi connectivity index (χ1v) is 7.92. The average Bonchev–Trinajstić information content (AvgIpc) is 2.69. The Morgan fingerprint density at radius 2 is 1.60 bits per heavy atom. The summed E-state index contributed by atoms with van der Waals surface area (Å²) in [7, 11) is -2.68. The summed E-state index contributed by atoms with van der Waals surface area (Å²) in [6, 6.07) is 0.712. The second-order valence-electron chi connectivity index (χ2n) is 4.98. The minimum Gasteiger partial charge on any atom is -0.314 e. The Bertz CT molecular complexity index is 280. The summed E-state index contributed by atoms with van der Waals surface area (Å²) in [5.74, 6) is 1.41. The van der Waals surface area contributed by atoms with Crippen molar-refractivity contribution in [2.45, 2.75) is 44.6 Å². The van der Waals surface area contributed by atoms with E-state index in [-0.39, 0.29) is 0 Å². The Kier molecular flexibility index (Phi) is 3.67. The van der Waals surface area contributed by atoms with Crippen molar-refractivity contribution in [2.75, 3.05) is 18.1 Å². The number of rotatable bonds is 3. The van der Waals surface area contributed by atoms with Crippen molar-refractivity contribution in [1.82, 2.24) is 5.32 Å². The molecule has 2 aliphatic rings. The van der Waals surface area contributed by atoms with Crippen LogP contribution in [0.15, 0.2) is 0 Å². The molecule has 0 aromatic heterocycles. The van der Waals surface area contributed by atoms with Crippen LogP contribution in [0, 0.1) is 5.92 Å². The molecular weight excluding hydrogens is 210 g/mol. The molecule has 88 valence electrons. The number of sulfone groups is 1. The van der Waals surface area contributed by atoms with E-state index in [2.05, 4.69) is 5.32 Å². The predicted octanol–water partition coefficient (Wildman–Crippen LogP) is 1.34. The summed E-state index contributed by atoms with van der Waals surface area (Å²) in [4.78, 5) is 0. The zero-order valence-electron chi connectivity index (χ0n) is 9.24. The van der Waals surface area contributed by atoms with Crippen LogP contribution in [0.25, 0.3) is 0 Å². The van der Waals surface area contributed by atoms with Crippen molar-refractivity contribution in [1.29, 1.82) is 0 Å². The third kappa shape index (κ3) is 3.45. The third-order valence-corrected chi connectivity index (χ3v) is 5.44. The fourth-order valence-corrected chi connectivity index (χ4v) is 4.20. The van der Waals surface area contributed by atoms with Crippen LogP contribution in [0.4, 0.5) is 0 Å². The molecule has 0 amide bonds. The SMILES string of the molecule is O=S1(=O)CCC(CNC2CCCC2)CC1. The lowest BCUT2D eigenvalue weighted by atomic mass is 10.0. The first kappa shape index (κ1) is 11.4. The van der Waals surface area contributed by atoms with Crippen molar-refractivity contribution < 1.29 is 8.42 Å². The number of hydrogen-bond acceptors (Lipinski definition) is 3. The monoisotopic (exact) mass is 231 g/mol. The van der Waals surface area contributed by atoms with E-state index >= 15 is 0 Å². The fraction of sp³-hybridized carbons (Fsp3) is 1.00. The molecule has 0 aromatic rings. The van der Waals surface area contributed by atoms with Gasteiger partial charge in [0.25, 0.3) is 0 Å². The highest BCUT2D eigenvalue weighted by Crippen LogP contribution is 2.21. The zero-order chi connectivity index (χ0) is 10.7. The van der Waals surface area contributed by atoms with Crippen LogP contribution >= 0.6 is 0 Å². The smallest absolute Gasteiger partial charge is 0.150 e. The normalized spacial score (nSPS) is 28.3. The molecule has 0 unspecified atom stereocenters. The molecule has 3 nitrogen and oxygen atoms in total. The standard InChI is InChI=1S/C11H21NO2S/c13-15(14)7-5-10(6-8-15)9-12-11-3-1-2-4-11/h10-12H,1-9H2. The molecule has 2 fully saturated rings. The van der Waals surface area contributed by atoms with Crippen LogP contribution in [-0.4, -0.2) is 32.5 Å². The van der Waals surface area contributed by atoms with Gasteiger partial charge in [0.1, 0.15) is 9.84 Å². The molecule has 2 rings (SSSR count). The van der Waals surface area contributed by atoms with Gasteiger partial charge in [0.05, 0.1) is 11.5 Å². The molecule has 0 atom stereocenters. The molecule has 0 radical (unpaired) electrons. The molecule has 1 aliphatic carbocycles. The molecule has 0 spiro atoms. The van der Waals surface area contributed by atoms with Gasteiger partial charge in [-0.3, -0.25) is 0 Å². The molecule has 1 aliphatic heterocycles. The van der Waals surface area contributed by atoms with Crippen molar-refractivity contribution >= 4 is 9.84 Å². The zero-order valence-corrected chi connectivity index (χ0v) is 10.1. The van der Waals surface area contributed by atoms with E-state index in [4.69, 9.17) is 0 Å². The van der Waals surface area contributed by atoms with Gasteiger partial charge in [0.15, 0.2) is 0 Å². The summed E-state index contributed by atoms with van der Waals surface area (Å²) in [5, 5.41) is 3.58. The Hall–Kier alpha value is -0.0900. The largest absolute Gasteiger partial charge is 0.314 e. The van der Waals surface area contributed by atoms with E-state index in [0.29, 0.717) is 23.5 Å². The topological polar surface area (TPSA) is 46.2 Å². The molecule has 1 saturated carbocycles. The Morgan fingerprint density at radius 1 is 1.00 bits per heavy atom. The van der Waals surface area contributed by atoms with Gasteiger partial charge in [0.2, 0.25) is 0 Å². The van der Waals surface area contributed by atoms with Gasteiger partial charge in [-0.15, -0.1) is 0 Å². The highest BCUT2D eigenvalue weighted by Gasteiger charge is 2.24. The second kappa shape index (κ2) is 4.83. The van der Waals surface area contributed by atoms with Crippen molar-refractivity contribution in [3.8, 4) is 0 Å². The van der Waals surface area contributed by atoms with Gasteiger partial charge >= 0.3 is 0 Å². The van der Waals surface area contributed by atoms with Gasteiger partial charge < -0.3 is 5.32 Å². The maximum absolute atomic E-state index is 11.2. The number of nitrogens with one attached hydrogen (secondary N) is 1. The van der Waals surface area contributed by atoms with E-state index in [0.717, 1.165) is 19.4 Å². The summed E-state index contributed by atoms with van der Waals surface area (Å²) in [6.07, 6.45) is 7.06. The minimum atomic E-state index is -2.68. The molecule has 15 heavy (non-hydrogen) atoms. The van der Waals surface area contributed by atoms with Crippen LogP contribution in [0.2, 0.25) is 0 Å². The first-order valence-electron chi connectivity index (χ1n) is 6.09. The molecule has 1 N–H and O–H groups in total. The van der Waals surface area contributed by atoms with Crippen molar-refractivity contribution in [3.05, 3.63) is 0 Å². The maximum atomic E-state index is 11.2. The van der Waals surface area contributed by atoms with Gasteiger partial charge in [-0.2, -0.15) is 0 Å². The molecule has 0 aromatic carbocycles. The highest BCUT2D eigenvalue weighted by molar-refractivity contribution is 7.91. The molecule has 0 bridgehead atoms. The van der Waals surface area contributed by atoms with E-state index < -0.39 is 9.84 Å². The maximum Gasteiger partial charge on any atom is 0.150 e. The second-order valence-corrected chi connectivity index (χ2v) is 7.29. The van der Waals surface area contributed by atoms with E-state index in [1.165, 1.54) is 25.7 Å². The third-order valence-electron chi connectivity index (χ3n) is 3.72. The highest BCUT2D eigenvalue weighted by atomic mass is 32.2. The lowest BCUT2D eigenvalue weighted by Gasteiger charge is -2.23. The van der Waals surface area contributed by atoms with Crippen LogP contribution in [-0.2, 0) is 9.84 Å². The van der Waals surface area contributed by atoms with E-state index in [9.17, 15) is 8.42 Å². The van der Waals surface area contributed by atoms with Gasteiger partial charge in [-0.1, -0.05) is 12.8 Å². The lowest BCUT2D eigenvalue weighted by molar-refractivity contribution is 0.399. The minimum absolute atomic E-state index is 0.407. The van der Waals surface area contributed by atoms with E-state index in [1.54, 1.807) is 0 Å². The summed E-state index contributed by atoms with van der Waals surface area (Å²) < 4.78 is 22.5. The Morgan fingerprint density at radius 3 is 2.20 bits per heavy atom. The fourth-order valence-electron chi connectivity index (χ4n) is 2.61. The summed E-state index contributed by atoms with van der Waals surface area (Å²) in [5.41, 5.74) is 0. The Balaban J connectivity index is 1.68. The summed E-state index contributed by atoms with van der Waals surface area (Å²) >= 11 is 0. The lowest BCUT2D eigenvalue weighted by Crippen LogP contribution is -2.35. The Labute approximate surface area is 92.6 Å². The number of hydrogen-bond donors (Lipinski definition) is 1. The van der Waals surface area contributed by atoms with Gasteiger partial charge in [-0.05, 0) is 38.1 Å². The summed E-state index contributed by atoms with van der Waals surface area (Å²) in [6.45, 7) is 1.03. The molecule has 4 heteroatoms. The van der Waals surface area contributed by atoms with Crippen molar-refractivity contribution in [2.24, 2.45) is 5.92 Å². The molecule has 1 saturated heterocycles. The quantitative estimate of drug-likeness (QED) is 0.797. The van der Waals surface area contributed by atoms with Gasteiger partial charge in [0, 0.05) is 6.04 Å².